The highest BCUT2D eigenvalue weighted by molar-refractivity contribution is 7.91. The second-order valence-electron chi connectivity index (χ2n) is 5.81. The van der Waals surface area contributed by atoms with Crippen molar-refractivity contribution < 1.29 is 8.42 Å². The third-order valence-corrected chi connectivity index (χ3v) is 4.87. The fourth-order valence-electron chi connectivity index (χ4n) is 1.89. The largest absolute Gasteiger partial charge is 0.315 e. The molecule has 0 fully saturated rings. The molecule has 1 N–H and O–H groups in total. The van der Waals surface area contributed by atoms with E-state index in [0.29, 0.717) is 4.90 Å². The van der Waals surface area contributed by atoms with Crippen LogP contribution in [0.3, 0.4) is 0 Å². The lowest BCUT2D eigenvalue weighted by Gasteiger charge is -2.30. The maximum absolute atomic E-state index is 12.4. The van der Waals surface area contributed by atoms with E-state index >= 15 is 0 Å². The number of aryl methyl sites for hydroxylation is 1. The van der Waals surface area contributed by atoms with E-state index in [1.165, 1.54) is 0 Å². The van der Waals surface area contributed by atoms with Crippen LogP contribution in [0.25, 0.3) is 0 Å². The number of benzene rings is 1. The van der Waals surface area contributed by atoms with Crippen molar-refractivity contribution in [3.05, 3.63) is 29.8 Å². The molecule has 0 radical (unpaired) electrons. The van der Waals surface area contributed by atoms with Gasteiger partial charge < -0.3 is 5.32 Å². The Kier molecular flexibility index (Phi) is 4.56. The van der Waals surface area contributed by atoms with E-state index in [9.17, 15) is 8.42 Å². The fourth-order valence-corrected chi connectivity index (χ4v) is 3.84. The Bertz CT molecular complexity index is 501. The molecule has 4 heteroatoms. The molecule has 0 aliphatic heterocycles. The summed E-state index contributed by atoms with van der Waals surface area (Å²) in [5.41, 5.74) is 0.874. The van der Waals surface area contributed by atoms with Crippen molar-refractivity contribution in [3.63, 3.8) is 0 Å². The molecule has 18 heavy (non-hydrogen) atoms. The van der Waals surface area contributed by atoms with E-state index in [1.807, 2.05) is 40.8 Å². The first kappa shape index (κ1) is 15.2. The summed E-state index contributed by atoms with van der Waals surface area (Å²) in [5.74, 6) is 0.121. The summed E-state index contributed by atoms with van der Waals surface area (Å²) >= 11 is 0. The summed E-state index contributed by atoms with van der Waals surface area (Å²) in [6.45, 7) is 8.03. The van der Waals surface area contributed by atoms with Crippen molar-refractivity contribution in [3.8, 4) is 0 Å². The molecule has 3 nitrogen and oxygen atoms in total. The molecule has 0 aromatic heterocycles. The Morgan fingerprint density at radius 1 is 1.28 bits per heavy atom. The van der Waals surface area contributed by atoms with E-state index in [0.717, 1.165) is 5.56 Å². The Morgan fingerprint density at radius 3 is 2.33 bits per heavy atom. The van der Waals surface area contributed by atoms with Crippen molar-refractivity contribution in [2.75, 3.05) is 12.8 Å². The monoisotopic (exact) mass is 269 g/mol. The first-order chi connectivity index (χ1) is 8.16. The van der Waals surface area contributed by atoms with E-state index in [2.05, 4.69) is 5.32 Å². The topological polar surface area (TPSA) is 46.2 Å². The summed E-state index contributed by atoms with van der Waals surface area (Å²) < 4.78 is 24.7. The van der Waals surface area contributed by atoms with Gasteiger partial charge in [-0.2, -0.15) is 0 Å². The first-order valence-corrected chi connectivity index (χ1v) is 7.79. The number of sulfone groups is 1. The van der Waals surface area contributed by atoms with Crippen molar-refractivity contribution >= 4 is 9.84 Å². The smallest absolute Gasteiger partial charge is 0.179 e. The van der Waals surface area contributed by atoms with Gasteiger partial charge in [0.1, 0.15) is 0 Å². The first-order valence-electron chi connectivity index (χ1n) is 6.13. The van der Waals surface area contributed by atoms with Gasteiger partial charge in [-0.1, -0.05) is 32.9 Å². The second kappa shape index (κ2) is 5.41. The summed E-state index contributed by atoms with van der Waals surface area (Å²) in [7, 11) is -1.43. The number of nitrogens with one attached hydrogen (secondary N) is 1. The van der Waals surface area contributed by atoms with Crippen LogP contribution in [0.2, 0.25) is 0 Å². The highest BCUT2D eigenvalue weighted by atomic mass is 32.2. The minimum Gasteiger partial charge on any atom is -0.315 e. The molecule has 102 valence electrons. The molecule has 0 aliphatic carbocycles. The van der Waals surface area contributed by atoms with Gasteiger partial charge in [0.05, 0.1) is 10.6 Å². The molecule has 0 bridgehead atoms. The lowest BCUT2D eigenvalue weighted by molar-refractivity contribution is 0.302. The van der Waals surface area contributed by atoms with Crippen molar-refractivity contribution in [1.29, 1.82) is 0 Å². The maximum Gasteiger partial charge on any atom is 0.179 e. The zero-order valence-electron chi connectivity index (χ0n) is 11.8. The Morgan fingerprint density at radius 2 is 1.89 bits per heavy atom. The molecule has 0 aliphatic rings. The molecular formula is C14H23NO2S. The van der Waals surface area contributed by atoms with Gasteiger partial charge in [0.15, 0.2) is 9.84 Å². The van der Waals surface area contributed by atoms with Crippen LogP contribution < -0.4 is 5.32 Å². The quantitative estimate of drug-likeness (QED) is 0.913. The molecule has 0 amide bonds. The second-order valence-corrected chi connectivity index (χ2v) is 7.84. The minimum absolute atomic E-state index is 0.0667. The molecule has 1 rings (SSSR count). The number of rotatable bonds is 4. The van der Waals surface area contributed by atoms with Crippen LogP contribution >= 0.6 is 0 Å². The van der Waals surface area contributed by atoms with Crippen LogP contribution in [-0.2, 0) is 9.84 Å². The van der Waals surface area contributed by atoms with Gasteiger partial charge >= 0.3 is 0 Å². The summed E-state index contributed by atoms with van der Waals surface area (Å²) in [5, 5.41) is 3.10. The van der Waals surface area contributed by atoms with Gasteiger partial charge in [0.25, 0.3) is 0 Å². The standard InChI is InChI=1S/C14H23NO2S/c1-11-7-6-8-12(9-11)18(16,17)10-13(15-5)14(2,3)4/h6-9,13,15H,10H2,1-5H3. The Labute approximate surface area is 111 Å². The van der Waals surface area contributed by atoms with Crippen LogP contribution in [-0.4, -0.2) is 27.3 Å². The average molecular weight is 269 g/mol. The normalized spacial score (nSPS) is 14.5. The lowest BCUT2D eigenvalue weighted by Crippen LogP contribution is -2.43. The molecule has 1 atom stereocenters. The van der Waals surface area contributed by atoms with E-state index in [-0.39, 0.29) is 17.2 Å². The molecule has 0 saturated carbocycles. The molecule has 0 saturated heterocycles. The van der Waals surface area contributed by atoms with Crippen LogP contribution in [0.1, 0.15) is 26.3 Å². The van der Waals surface area contributed by atoms with Crippen LogP contribution in [0.15, 0.2) is 29.2 Å². The molecule has 1 aromatic carbocycles. The van der Waals surface area contributed by atoms with Gasteiger partial charge in [0, 0.05) is 6.04 Å². The maximum atomic E-state index is 12.4. The highest BCUT2D eigenvalue weighted by Crippen LogP contribution is 2.23. The van der Waals surface area contributed by atoms with Gasteiger partial charge in [0.2, 0.25) is 0 Å². The van der Waals surface area contributed by atoms with Crippen molar-refractivity contribution in [1.82, 2.24) is 5.32 Å². The summed E-state index contributed by atoms with van der Waals surface area (Å²) in [6, 6.07) is 7.01. The minimum atomic E-state index is -3.24. The molecule has 1 aromatic rings. The molecular weight excluding hydrogens is 246 g/mol. The predicted molar refractivity (Wildman–Crippen MR) is 75.5 cm³/mol. The SMILES string of the molecule is CNC(CS(=O)(=O)c1cccc(C)c1)C(C)(C)C. The third kappa shape index (κ3) is 3.82. The van der Waals surface area contributed by atoms with Gasteiger partial charge in [-0.3, -0.25) is 0 Å². The fraction of sp³-hybridized carbons (Fsp3) is 0.571. The zero-order valence-corrected chi connectivity index (χ0v) is 12.6. The van der Waals surface area contributed by atoms with Crippen LogP contribution in [0.4, 0.5) is 0 Å². The number of hydrogen-bond acceptors (Lipinski definition) is 3. The average Bonchev–Trinajstić information content (AvgIpc) is 2.24. The zero-order chi connectivity index (χ0) is 14.0. The molecule has 0 spiro atoms. The predicted octanol–water partition coefficient (Wildman–Crippen LogP) is 2.40. The summed E-state index contributed by atoms with van der Waals surface area (Å²) in [4.78, 5) is 0.409. The van der Waals surface area contributed by atoms with Gasteiger partial charge in [-0.25, -0.2) is 8.42 Å². The molecule has 1 unspecified atom stereocenters. The van der Waals surface area contributed by atoms with E-state index < -0.39 is 9.84 Å². The number of hydrogen-bond donors (Lipinski definition) is 1. The van der Waals surface area contributed by atoms with Crippen molar-refractivity contribution in [2.24, 2.45) is 5.41 Å². The van der Waals surface area contributed by atoms with E-state index in [4.69, 9.17) is 0 Å². The molecule has 0 heterocycles. The highest BCUT2D eigenvalue weighted by Gasteiger charge is 2.29. The Hall–Kier alpha value is -0.870. The van der Waals surface area contributed by atoms with Gasteiger partial charge in [-0.05, 0) is 37.1 Å². The van der Waals surface area contributed by atoms with Gasteiger partial charge in [-0.15, -0.1) is 0 Å². The van der Waals surface area contributed by atoms with Crippen molar-refractivity contribution in [2.45, 2.75) is 38.6 Å². The summed E-state index contributed by atoms with van der Waals surface area (Å²) in [6.07, 6.45) is 0. The van der Waals surface area contributed by atoms with Crippen LogP contribution in [0, 0.1) is 12.3 Å². The third-order valence-electron chi connectivity index (χ3n) is 3.13. The van der Waals surface area contributed by atoms with E-state index in [1.54, 1.807) is 18.2 Å². The Balaban J connectivity index is 3.02. The lowest BCUT2D eigenvalue weighted by atomic mass is 9.88. The van der Waals surface area contributed by atoms with Crippen LogP contribution in [0.5, 0.6) is 0 Å².